The van der Waals surface area contributed by atoms with Crippen molar-refractivity contribution in [1.82, 2.24) is 0 Å². The zero-order chi connectivity index (χ0) is 18.6. The van der Waals surface area contributed by atoms with Crippen LogP contribution >= 0.6 is 0 Å². The van der Waals surface area contributed by atoms with Crippen molar-refractivity contribution in [3.05, 3.63) is 41.6 Å². The molecule has 1 aromatic carbocycles. The van der Waals surface area contributed by atoms with Gasteiger partial charge in [-0.1, -0.05) is 51.3 Å². The van der Waals surface area contributed by atoms with Gasteiger partial charge in [0.2, 0.25) is 0 Å². The first kappa shape index (κ1) is 18.8. The maximum atomic E-state index is 9.63. The summed E-state index contributed by atoms with van der Waals surface area (Å²) >= 11 is 0. The molecule has 1 fully saturated rings. The maximum absolute atomic E-state index is 9.63. The Morgan fingerprint density at radius 2 is 2.04 bits per heavy atom. The van der Waals surface area contributed by atoms with E-state index in [0.29, 0.717) is 12.0 Å². The van der Waals surface area contributed by atoms with Crippen LogP contribution in [0.15, 0.2) is 41.6 Å². The number of anilines is 1. The summed E-state index contributed by atoms with van der Waals surface area (Å²) in [6, 6.07) is 13.7. The van der Waals surface area contributed by atoms with Gasteiger partial charge in [0.25, 0.3) is 0 Å². The van der Waals surface area contributed by atoms with E-state index in [9.17, 15) is 5.26 Å². The zero-order valence-corrected chi connectivity index (χ0v) is 16.4. The number of allylic oxidation sites excluding steroid dienone is 1. The van der Waals surface area contributed by atoms with Gasteiger partial charge in [-0.2, -0.15) is 5.26 Å². The molecule has 1 aromatic rings. The first-order valence-corrected chi connectivity index (χ1v) is 10.4. The summed E-state index contributed by atoms with van der Waals surface area (Å²) in [5, 5.41) is 9.63. The van der Waals surface area contributed by atoms with E-state index in [1.165, 1.54) is 37.8 Å². The molecule has 0 amide bonds. The SMILES string of the molecule is CCCCC[C@H]1C[C@@H](C)C[C@@]2(CCCC(C#N)=C2N)N1c1ccccc1. The lowest BCUT2D eigenvalue weighted by atomic mass is 9.68. The van der Waals surface area contributed by atoms with Crippen molar-refractivity contribution in [1.29, 1.82) is 5.26 Å². The lowest BCUT2D eigenvalue weighted by Crippen LogP contribution is -2.62. The minimum absolute atomic E-state index is 0.181. The second kappa shape index (κ2) is 8.16. The molecular formula is C23H33N3. The molecule has 0 saturated carbocycles. The molecular weight excluding hydrogens is 318 g/mol. The van der Waals surface area contributed by atoms with Gasteiger partial charge in [-0.15, -0.1) is 0 Å². The van der Waals surface area contributed by atoms with Gasteiger partial charge < -0.3 is 10.6 Å². The van der Waals surface area contributed by atoms with E-state index in [1.54, 1.807) is 0 Å². The molecule has 1 aliphatic heterocycles. The number of nitrogens with zero attached hydrogens (tertiary/aromatic N) is 2. The molecule has 1 aliphatic carbocycles. The summed E-state index contributed by atoms with van der Waals surface area (Å²) in [6.07, 6.45) is 10.2. The van der Waals surface area contributed by atoms with Crippen LogP contribution in [0.5, 0.6) is 0 Å². The summed E-state index contributed by atoms with van der Waals surface area (Å²) in [7, 11) is 0. The van der Waals surface area contributed by atoms with Gasteiger partial charge in [-0.3, -0.25) is 0 Å². The standard InChI is InChI=1S/C23H33N3/c1-3-4-6-13-21-15-18(2)16-23(14-9-10-19(17-24)22(23)25)26(21)20-11-7-5-8-12-20/h5,7-8,11-12,18,21H,3-4,6,9-10,13-16,25H2,1-2H3/t18-,21+,23-/m1/s1. The smallest absolute Gasteiger partial charge is 0.0966 e. The maximum Gasteiger partial charge on any atom is 0.0966 e. The number of hydrogen-bond acceptors (Lipinski definition) is 3. The molecule has 0 unspecified atom stereocenters. The number of nitriles is 1. The van der Waals surface area contributed by atoms with E-state index >= 15 is 0 Å². The van der Waals surface area contributed by atoms with Crippen molar-refractivity contribution in [3.8, 4) is 6.07 Å². The van der Waals surface area contributed by atoms with Crippen LogP contribution in [-0.2, 0) is 0 Å². The van der Waals surface area contributed by atoms with Crippen LogP contribution in [0.2, 0.25) is 0 Å². The highest BCUT2D eigenvalue weighted by molar-refractivity contribution is 5.56. The second-order valence-electron chi connectivity index (χ2n) is 8.29. The van der Waals surface area contributed by atoms with Crippen molar-refractivity contribution >= 4 is 5.69 Å². The second-order valence-corrected chi connectivity index (χ2v) is 8.29. The fraction of sp³-hybridized carbons (Fsp3) is 0.609. The number of unbranched alkanes of at least 4 members (excludes halogenated alkanes) is 2. The Balaban J connectivity index is 2.06. The molecule has 1 saturated heterocycles. The number of benzene rings is 1. The van der Waals surface area contributed by atoms with Crippen molar-refractivity contribution in [3.63, 3.8) is 0 Å². The molecule has 3 atom stereocenters. The Hall–Kier alpha value is -1.95. The third-order valence-electron chi connectivity index (χ3n) is 6.34. The fourth-order valence-electron chi connectivity index (χ4n) is 5.29. The molecule has 0 aromatic heterocycles. The van der Waals surface area contributed by atoms with Crippen LogP contribution in [-0.4, -0.2) is 11.6 Å². The predicted octanol–water partition coefficient (Wildman–Crippen LogP) is 5.53. The van der Waals surface area contributed by atoms with Gasteiger partial charge in [-0.25, -0.2) is 0 Å². The fourth-order valence-corrected chi connectivity index (χ4v) is 5.29. The van der Waals surface area contributed by atoms with Gasteiger partial charge >= 0.3 is 0 Å². The Morgan fingerprint density at radius 3 is 2.73 bits per heavy atom. The first-order chi connectivity index (χ1) is 12.6. The number of para-hydroxylation sites is 1. The molecule has 3 heteroatoms. The summed E-state index contributed by atoms with van der Waals surface area (Å²) in [6.45, 7) is 4.63. The Labute approximate surface area is 158 Å². The molecule has 2 aliphatic rings. The summed E-state index contributed by atoms with van der Waals surface area (Å²) in [5.41, 5.74) is 9.47. The number of hydrogen-bond donors (Lipinski definition) is 1. The molecule has 2 N–H and O–H groups in total. The number of piperidine rings is 1. The molecule has 26 heavy (non-hydrogen) atoms. The summed E-state index contributed by atoms with van der Waals surface area (Å²) in [4.78, 5) is 2.62. The predicted molar refractivity (Wildman–Crippen MR) is 109 cm³/mol. The molecule has 0 radical (unpaired) electrons. The van der Waals surface area contributed by atoms with Crippen molar-refractivity contribution < 1.29 is 0 Å². The first-order valence-electron chi connectivity index (χ1n) is 10.4. The highest BCUT2D eigenvalue weighted by atomic mass is 15.3. The van der Waals surface area contributed by atoms with Gasteiger partial charge in [0.05, 0.1) is 17.2 Å². The molecule has 3 rings (SSSR count). The zero-order valence-electron chi connectivity index (χ0n) is 16.4. The van der Waals surface area contributed by atoms with Crippen LogP contribution in [0.4, 0.5) is 5.69 Å². The quantitative estimate of drug-likeness (QED) is 0.710. The summed E-state index contributed by atoms with van der Waals surface area (Å²) in [5.74, 6) is 0.637. The lowest BCUT2D eigenvalue weighted by Gasteiger charge is -2.56. The Bertz CT molecular complexity index is 672. The van der Waals surface area contributed by atoms with Crippen molar-refractivity contribution in [2.75, 3.05) is 4.90 Å². The van der Waals surface area contributed by atoms with Crippen molar-refractivity contribution in [2.24, 2.45) is 11.7 Å². The van der Waals surface area contributed by atoms with E-state index in [1.807, 2.05) is 0 Å². The third kappa shape index (κ3) is 3.47. The highest BCUT2D eigenvalue weighted by Crippen LogP contribution is 2.48. The average molecular weight is 352 g/mol. The van der Waals surface area contributed by atoms with Crippen LogP contribution < -0.4 is 10.6 Å². The van der Waals surface area contributed by atoms with Crippen LogP contribution in [0, 0.1) is 17.2 Å². The molecule has 140 valence electrons. The molecule has 0 bridgehead atoms. The number of rotatable bonds is 5. The molecule has 1 heterocycles. The Kier molecular flexibility index (Phi) is 5.91. The van der Waals surface area contributed by atoms with Gasteiger partial charge in [0.15, 0.2) is 0 Å². The molecule has 3 nitrogen and oxygen atoms in total. The minimum atomic E-state index is -0.181. The Morgan fingerprint density at radius 1 is 1.27 bits per heavy atom. The van der Waals surface area contributed by atoms with Crippen LogP contribution in [0.3, 0.4) is 0 Å². The van der Waals surface area contributed by atoms with E-state index in [0.717, 1.165) is 37.0 Å². The number of nitrogens with two attached hydrogens (primary N) is 1. The average Bonchev–Trinajstić information content (AvgIpc) is 2.65. The van der Waals surface area contributed by atoms with Crippen LogP contribution in [0.25, 0.3) is 0 Å². The largest absolute Gasteiger partial charge is 0.399 e. The van der Waals surface area contributed by atoms with Crippen molar-refractivity contribution in [2.45, 2.75) is 83.2 Å². The summed E-state index contributed by atoms with van der Waals surface area (Å²) < 4.78 is 0. The monoisotopic (exact) mass is 351 g/mol. The van der Waals surface area contributed by atoms with Gasteiger partial charge in [0.1, 0.15) is 0 Å². The minimum Gasteiger partial charge on any atom is -0.399 e. The van der Waals surface area contributed by atoms with Gasteiger partial charge in [0, 0.05) is 17.4 Å². The van der Waals surface area contributed by atoms with E-state index in [4.69, 9.17) is 5.73 Å². The van der Waals surface area contributed by atoms with E-state index in [-0.39, 0.29) is 5.54 Å². The highest BCUT2D eigenvalue weighted by Gasteiger charge is 2.49. The lowest BCUT2D eigenvalue weighted by molar-refractivity contribution is 0.207. The molecule has 1 spiro atoms. The van der Waals surface area contributed by atoms with E-state index < -0.39 is 0 Å². The normalized spacial score (nSPS) is 29.0. The van der Waals surface area contributed by atoms with Gasteiger partial charge in [-0.05, 0) is 56.6 Å². The topological polar surface area (TPSA) is 53.1 Å². The van der Waals surface area contributed by atoms with Crippen LogP contribution in [0.1, 0.15) is 71.6 Å². The third-order valence-corrected chi connectivity index (χ3v) is 6.34. The van der Waals surface area contributed by atoms with E-state index in [2.05, 4.69) is 55.1 Å².